The van der Waals surface area contributed by atoms with Gasteiger partial charge in [-0.2, -0.15) is 0 Å². The largest absolute Gasteiger partial charge is 0.264 e. The summed E-state index contributed by atoms with van der Waals surface area (Å²) in [5.74, 6) is 0. The number of aromatic nitrogens is 3. The summed E-state index contributed by atoms with van der Waals surface area (Å²) >= 11 is 1.70. The standard InChI is InChI=1S/C19H11N3S/c1-2-4-13-12(3-1)7-10-21-18(13)16-6-5-14-15-11-20-9-8-17(15)23-19(14)22-16/h1-11H. The van der Waals surface area contributed by atoms with Crippen LogP contribution in [0.3, 0.4) is 0 Å². The molecule has 0 aliphatic heterocycles. The Morgan fingerprint density at radius 3 is 2.74 bits per heavy atom. The van der Waals surface area contributed by atoms with E-state index in [9.17, 15) is 0 Å². The van der Waals surface area contributed by atoms with Crippen LogP contribution in [0.25, 0.3) is 42.5 Å². The summed E-state index contributed by atoms with van der Waals surface area (Å²) in [4.78, 5) is 14.7. The van der Waals surface area contributed by atoms with Gasteiger partial charge in [0.05, 0.1) is 11.4 Å². The fourth-order valence-corrected chi connectivity index (χ4v) is 4.00. The Kier molecular flexibility index (Phi) is 2.66. The Balaban J connectivity index is 1.81. The summed E-state index contributed by atoms with van der Waals surface area (Å²) in [6, 6.07) is 16.5. The SMILES string of the molecule is c1ccc2c(-c3ccc4c(n3)sc3ccncc34)nccc2c1. The fraction of sp³-hybridized carbons (Fsp3) is 0. The molecule has 108 valence electrons. The summed E-state index contributed by atoms with van der Waals surface area (Å²) in [5.41, 5.74) is 1.84. The minimum Gasteiger partial charge on any atom is -0.264 e. The zero-order valence-corrected chi connectivity index (χ0v) is 12.9. The third kappa shape index (κ3) is 1.92. The minimum absolute atomic E-state index is 0.911. The molecule has 0 bridgehead atoms. The number of rotatable bonds is 1. The molecule has 0 unspecified atom stereocenters. The van der Waals surface area contributed by atoms with Crippen molar-refractivity contribution in [3.63, 3.8) is 0 Å². The van der Waals surface area contributed by atoms with Gasteiger partial charge in [0.25, 0.3) is 0 Å². The van der Waals surface area contributed by atoms with Crippen LogP contribution < -0.4 is 0 Å². The van der Waals surface area contributed by atoms with Gasteiger partial charge in [-0.1, -0.05) is 24.3 Å². The minimum atomic E-state index is 0.911. The molecule has 0 radical (unpaired) electrons. The van der Waals surface area contributed by atoms with E-state index in [4.69, 9.17) is 4.98 Å². The molecule has 0 saturated carbocycles. The van der Waals surface area contributed by atoms with Crippen LogP contribution in [-0.4, -0.2) is 15.0 Å². The monoisotopic (exact) mass is 313 g/mol. The Morgan fingerprint density at radius 2 is 1.74 bits per heavy atom. The molecule has 5 rings (SSSR count). The molecule has 0 aliphatic rings. The van der Waals surface area contributed by atoms with Gasteiger partial charge in [0.2, 0.25) is 0 Å². The van der Waals surface area contributed by atoms with Gasteiger partial charge in [0.15, 0.2) is 0 Å². The Labute approximate surface area is 136 Å². The molecule has 1 aromatic carbocycles. The van der Waals surface area contributed by atoms with E-state index in [1.54, 1.807) is 11.3 Å². The van der Waals surface area contributed by atoms with Crippen LogP contribution in [0.5, 0.6) is 0 Å². The number of hydrogen-bond acceptors (Lipinski definition) is 4. The lowest BCUT2D eigenvalue weighted by Gasteiger charge is -2.05. The van der Waals surface area contributed by atoms with Crippen molar-refractivity contribution >= 4 is 42.4 Å². The van der Waals surface area contributed by atoms with Gasteiger partial charge in [-0.25, -0.2) is 4.98 Å². The van der Waals surface area contributed by atoms with E-state index >= 15 is 0 Å². The number of thiophene rings is 1. The maximum absolute atomic E-state index is 4.86. The lowest BCUT2D eigenvalue weighted by molar-refractivity contribution is 1.31. The summed E-state index contributed by atoms with van der Waals surface area (Å²) in [7, 11) is 0. The summed E-state index contributed by atoms with van der Waals surface area (Å²) < 4.78 is 1.21. The molecule has 3 nitrogen and oxygen atoms in total. The van der Waals surface area contributed by atoms with E-state index in [1.807, 2.05) is 42.9 Å². The first-order chi connectivity index (χ1) is 11.4. The van der Waals surface area contributed by atoms with Gasteiger partial charge in [-0.05, 0) is 29.7 Å². The highest BCUT2D eigenvalue weighted by atomic mass is 32.1. The zero-order chi connectivity index (χ0) is 15.2. The summed E-state index contributed by atoms with van der Waals surface area (Å²) in [6.45, 7) is 0. The van der Waals surface area contributed by atoms with E-state index in [1.165, 1.54) is 10.1 Å². The van der Waals surface area contributed by atoms with Gasteiger partial charge in [-0.15, -0.1) is 11.3 Å². The maximum atomic E-state index is 4.86. The van der Waals surface area contributed by atoms with Crippen LogP contribution >= 0.6 is 11.3 Å². The van der Waals surface area contributed by atoms with E-state index in [-0.39, 0.29) is 0 Å². The first-order valence-corrected chi connectivity index (χ1v) is 8.19. The lowest BCUT2D eigenvalue weighted by atomic mass is 10.1. The second kappa shape index (κ2) is 4.83. The number of benzene rings is 1. The topological polar surface area (TPSA) is 38.7 Å². The van der Waals surface area contributed by atoms with Crippen LogP contribution in [-0.2, 0) is 0 Å². The quantitative estimate of drug-likeness (QED) is 0.434. The lowest BCUT2D eigenvalue weighted by Crippen LogP contribution is -1.88. The number of pyridine rings is 3. The Bertz CT molecular complexity index is 1170. The molecule has 0 amide bonds. The molecule has 0 aliphatic carbocycles. The smallest absolute Gasteiger partial charge is 0.125 e. The van der Waals surface area contributed by atoms with E-state index in [0.717, 1.165) is 32.4 Å². The summed E-state index contributed by atoms with van der Waals surface area (Å²) in [6.07, 6.45) is 5.58. The van der Waals surface area contributed by atoms with Crippen molar-refractivity contribution in [1.29, 1.82) is 0 Å². The van der Waals surface area contributed by atoms with E-state index < -0.39 is 0 Å². The molecular weight excluding hydrogens is 302 g/mol. The Morgan fingerprint density at radius 1 is 0.783 bits per heavy atom. The average Bonchev–Trinajstić information content (AvgIpc) is 2.99. The van der Waals surface area contributed by atoms with Crippen LogP contribution in [0.2, 0.25) is 0 Å². The molecule has 5 aromatic rings. The molecule has 0 fully saturated rings. The van der Waals surface area contributed by atoms with Gasteiger partial charge in [-0.3, -0.25) is 9.97 Å². The van der Waals surface area contributed by atoms with Crippen LogP contribution in [0.15, 0.2) is 67.1 Å². The molecule has 4 aromatic heterocycles. The average molecular weight is 313 g/mol. The van der Waals surface area contributed by atoms with Gasteiger partial charge < -0.3 is 0 Å². The number of hydrogen-bond donors (Lipinski definition) is 0. The Hall–Kier alpha value is -2.85. The molecule has 0 N–H and O–H groups in total. The first kappa shape index (κ1) is 12.7. The van der Waals surface area contributed by atoms with Crippen molar-refractivity contribution in [3.05, 3.63) is 67.1 Å². The third-order valence-corrected chi connectivity index (χ3v) is 5.13. The fourth-order valence-electron chi connectivity index (χ4n) is 2.96. The van der Waals surface area contributed by atoms with Crippen molar-refractivity contribution in [2.45, 2.75) is 0 Å². The van der Waals surface area contributed by atoms with Crippen molar-refractivity contribution in [2.24, 2.45) is 0 Å². The van der Waals surface area contributed by atoms with E-state index in [2.05, 4.69) is 34.2 Å². The van der Waals surface area contributed by atoms with Crippen LogP contribution in [0, 0.1) is 0 Å². The van der Waals surface area contributed by atoms with Crippen molar-refractivity contribution in [2.75, 3.05) is 0 Å². The van der Waals surface area contributed by atoms with E-state index in [0.29, 0.717) is 0 Å². The van der Waals surface area contributed by atoms with Crippen molar-refractivity contribution in [3.8, 4) is 11.4 Å². The van der Waals surface area contributed by atoms with Gasteiger partial charge in [0, 0.05) is 39.4 Å². The number of fused-ring (bicyclic) bond motifs is 4. The highest BCUT2D eigenvalue weighted by Crippen LogP contribution is 2.34. The third-order valence-electron chi connectivity index (χ3n) is 4.05. The zero-order valence-electron chi connectivity index (χ0n) is 12.1. The van der Waals surface area contributed by atoms with Gasteiger partial charge in [0.1, 0.15) is 4.83 Å². The first-order valence-electron chi connectivity index (χ1n) is 7.37. The highest BCUT2D eigenvalue weighted by molar-refractivity contribution is 7.25. The predicted molar refractivity (Wildman–Crippen MR) is 95.7 cm³/mol. The molecule has 0 saturated heterocycles. The molecule has 0 spiro atoms. The highest BCUT2D eigenvalue weighted by Gasteiger charge is 2.10. The molecule has 23 heavy (non-hydrogen) atoms. The maximum Gasteiger partial charge on any atom is 0.125 e. The van der Waals surface area contributed by atoms with Crippen molar-refractivity contribution in [1.82, 2.24) is 15.0 Å². The second-order valence-corrected chi connectivity index (χ2v) is 6.43. The number of nitrogens with zero attached hydrogens (tertiary/aromatic N) is 3. The second-order valence-electron chi connectivity index (χ2n) is 5.40. The molecule has 4 heteroatoms. The van der Waals surface area contributed by atoms with Gasteiger partial charge >= 0.3 is 0 Å². The normalized spacial score (nSPS) is 11.5. The summed E-state index contributed by atoms with van der Waals surface area (Å²) in [5, 5.41) is 4.63. The molecule has 0 atom stereocenters. The molecule has 4 heterocycles. The predicted octanol–water partition coefficient (Wildman–Crippen LogP) is 5.06. The molecular formula is C19H11N3S. The van der Waals surface area contributed by atoms with Crippen LogP contribution in [0.1, 0.15) is 0 Å². The van der Waals surface area contributed by atoms with Crippen LogP contribution in [0.4, 0.5) is 0 Å². The van der Waals surface area contributed by atoms with Crippen molar-refractivity contribution < 1.29 is 0 Å².